The topological polar surface area (TPSA) is 71.3 Å². The van der Waals surface area contributed by atoms with Crippen molar-refractivity contribution in [2.75, 3.05) is 18.0 Å². The van der Waals surface area contributed by atoms with Crippen LogP contribution in [0.15, 0.2) is 53.2 Å². The number of oxazole rings is 1. The molecule has 24 heavy (non-hydrogen) atoms. The molecule has 0 spiro atoms. The lowest BCUT2D eigenvalue weighted by atomic mass is 10.0. The Morgan fingerprint density at radius 1 is 1.12 bits per heavy atom. The standard InChI is InChI=1S/C18H18N4O2/c23-17(13-5-9-19-10-6-13)20-14-7-11-22(12-8-14)18-21-15-3-1-2-4-16(15)24-18/h1-6,9-10,14H,7-8,11-12H2,(H,20,23). The van der Waals surface area contributed by atoms with E-state index < -0.39 is 0 Å². The molecule has 3 aromatic rings. The summed E-state index contributed by atoms with van der Waals surface area (Å²) in [6, 6.07) is 12.1. The number of aromatic nitrogens is 2. The van der Waals surface area contributed by atoms with Crippen molar-refractivity contribution in [3.63, 3.8) is 0 Å². The van der Waals surface area contributed by atoms with Crippen LogP contribution in [0, 0.1) is 0 Å². The first-order chi connectivity index (χ1) is 11.8. The number of piperidine rings is 1. The summed E-state index contributed by atoms with van der Waals surface area (Å²) < 4.78 is 5.81. The third kappa shape index (κ3) is 2.95. The molecule has 1 aliphatic rings. The molecular weight excluding hydrogens is 304 g/mol. The van der Waals surface area contributed by atoms with Crippen molar-refractivity contribution >= 4 is 23.0 Å². The lowest BCUT2D eigenvalue weighted by Gasteiger charge is -2.31. The minimum atomic E-state index is -0.0438. The summed E-state index contributed by atoms with van der Waals surface area (Å²) in [4.78, 5) is 22.8. The molecule has 0 bridgehead atoms. The van der Waals surface area contributed by atoms with Crippen molar-refractivity contribution in [1.82, 2.24) is 15.3 Å². The highest BCUT2D eigenvalue weighted by molar-refractivity contribution is 5.94. The van der Waals surface area contributed by atoms with E-state index in [0.717, 1.165) is 37.0 Å². The SMILES string of the molecule is O=C(NC1CCN(c2nc3ccccc3o2)CC1)c1ccncc1. The van der Waals surface area contributed by atoms with E-state index in [1.54, 1.807) is 24.5 Å². The Labute approximate surface area is 139 Å². The number of fused-ring (bicyclic) bond motifs is 1. The predicted octanol–water partition coefficient (Wildman–Crippen LogP) is 2.62. The van der Waals surface area contributed by atoms with Crippen molar-refractivity contribution < 1.29 is 9.21 Å². The van der Waals surface area contributed by atoms with Crippen LogP contribution < -0.4 is 10.2 Å². The quantitative estimate of drug-likeness (QED) is 0.802. The Hall–Kier alpha value is -2.89. The van der Waals surface area contributed by atoms with Gasteiger partial charge < -0.3 is 14.6 Å². The molecule has 0 radical (unpaired) electrons. The Kier molecular flexibility index (Phi) is 3.86. The van der Waals surface area contributed by atoms with Crippen LogP contribution in [0.4, 0.5) is 6.01 Å². The third-order valence-electron chi connectivity index (χ3n) is 4.33. The molecule has 3 heterocycles. The van der Waals surface area contributed by atoms with Gasteiger partial charge in [-0.1, -0.05) is 12.1 Å². The maximum atomic E-state index is 12.2. The molecule has 4 rings (SSSR count). The number of anilines is 1. The highest BCUT2D eigenvalue weighted by Crippen LogP contribution is 2.24. The number of hydrogen-bond donors (Lipinski definition) is 1. The number of para-hydroxylation sites is 2. The highest BCUT2D eigenvalue weighted by Gasteiger charge is 2.24. The van der Waals surface area contributed by atoms with Gasteiger partial charge in [0.25, 0.3) is 11.9 Å². The molecule has 122 valence electrons. The van der Waals surface area contributed by atoms with E-state index >= 15 is 0 Å². The fraction of sp³-hybridized carbons (Fsp3) is 0.278. The Bertz CT molecular complexity index is 805. The maximum Gasteiger partial charge on any atom is 0.298 e. The number of nitrogens with zero attached hydrogens (tertiary/aromatic N) is 3. The molecule has 1 amide bonds. The second-order valence-electron chi connectivity index (χ2n) is 5.93. The number of rotatable bonds is 3. The minimum Gasteiger partial charge on any atom is -0.423 e. The number of benzene rings is 1. The van der Waals surface area contributed by atoms with Crippen molar-refractivity contribution in [2.45, 2.75) is 18.9 Å². The zero-order valence-corrected chi connectivity index (χ0v) is 13.2. The first-order valence-corrected chi connectivity index (χ1v) is 8.11. The van der Waals surface area contributed by atoms with Gasteiger partial charge in [0.1, 0.15) is 5.52 Å². The highest BCUT2D eigenvalue weighted by atomic mass is 16.4. The summed E-state index contributed by atoms with van der Waals surface area (Å²) >= 11 is 0. The monoisotopic (exact) mass is 322 g/mol. The van der Waals surface area contributed by atoms with E-state index in [-0.39, 0.29) is 11.9 Å². The van der Waals surface area contributed by atoms with Crippen LogP contribution in [-0.2, 0) is 0 Å². The van der Waals surface area contributed by atoms with Gasteiger partial charge in [0, 0.05) is 37.1 Å². The van der Waals surface area contributed by atoms with Crippen LogP contribution in [0.3, 0.4) is 0 Å². The van der Waals surface area contributed by atoms with Crippen molar-refractivity contribution in [1.29, 1.82) is 0 Å². The summed E-state index contributed by atoms with van der Waals surface area (Å²) in [6.45, 7) is 1.63. The van der Waals surface area contributed by atoms with Crippen LogP contribution >= 0.6 is 0 Å². The zero-order chi connectivity index (χ0) is 16.4. The normalized spacial score (nSPS) is 15.6. The number of amides is 1. The first kappa shape index (κ1) is 14.7. The van der Waals surface area contributed by atoms with Gasteiger partial charge in [0.15, 0.2) is 5.58 Å². The van der Waals surface area contributed by atoms with Crippen molar-refractivity contribution in [3.8, 4) is 0 Å². The van der Waals surface area contributed by atoms with E-state index in [9.17, 15) is 4.79 Å². The smallest absolute Gasteiger partial charge is 0.298 e. The van der Waals surface area contributed by atoms with Crippen LogP contribution in [0.25, 0.3) is 11.1 Å². The van der Waals surface area contributed by atoms with Crippen LogP contribution in [-0.4, -0.2) is 35.0 Å². The maximum absolute atomic E-state index is 12.2. The van der Waals surface area contributed by atoms with Gasteiger partial charge in [0.05, 0.1) is 0 Å². The van der Waals surface area contributed by atoms with Crippen LogP contribution in [0.1, 0.15) is 23.2 Å². The third-order valence-corrected chi connectivity index (χ3v) is 4.33. The van der Waals surface area contributed by atoms with Gasteiger partial charge in [-0.05, 0) is 37.1 Å². The average Bonchev–Trinajstić information content (AvgIpc) is 3.07. The lowest BCUT2D eigenvalue weighted by Crippen LogP contribution is -2.44. The van der Waals surface area contributed by atoms with Crippen molar-refractivity contribution in [3.05, 3.63) is 54.4 Å². The molecule has 1 fully saturated rings. The number of carbonyl (C=O) groups excluding carboxylic acids is 1. The van der Waals surface area contributed by atoms with Crippen molar-refractivity contribution in [2.24, 2.45) is 0 Å². The van der Waals surface area contributed by atoms with Gasteiger partial charge >= 0.3 is 0 Å². The number of nitrogens with one attached hydrogen (secondary N) is 1. The van der Waals surface area contributed by atoms with Gasteiger partial charge in [-0.3, -0.25) is 9.78 Å². The Morgan fingerprint density at radius 2 is 1.88 bits per heavy atom. The molecule has 1 aromatic carbocycles. The second-order valence-corrected chi connectivity index (χ2v) is 5.93. The van der Waals surface area contributed by atoms with E-state index in [2.05, 4.69) is 20.2 Å². The summed E-state index contributed by atoms with van der Waals surface area (Å²) in [7, 11) is 0. The van der Waals surface area contributed by atoms with E-state index in [0.29, 0.717) is 11.6 Å². The summed E-state index contributed by atoms with van der Waals surface area (Å²) in [6.07, 6.45) is 5.00. The number of carbonyl (C=O) groups is 1. The molecule has 1 aliphatic heterocycles. The summed E-state index contributed by atoms with van der Waals surface area (Å²) in [5.41, 5.74) is 2.33. The van der Waals surface area contributed by atoms with Gasteiger partial charge in [-0.2, -0.15) is 4.98 Å². The van der Waals surface area contributed by atoms with Gasteiger partial charge in [-0.15, -0.1) is 0 Å². The first-order valence-electron chi connectivity index (χ1n) is 8.11. The van der Waals surface area contributed by atoms with Crippen LogP contribution in [0.2, 0.25) is 0 Å². The molecule has 6 nitrogen and oxygen atoms in total. The summed E-state index contributed by atoms with van der Waals surface area (Å²) in [5.74, 6) is -0.0438. The molecule has 0 atom stereocenters. The van der Waals surface area contributed by atoms with Gasteiger partial charge in [-0.25, -0.2) is 0 Å². The number of hydrogen-bond acceptors (Lipinski definition) is 5. The van der Waals surface area contributed by atoms with Gasteiger partial charge in [0.2, 0.25) is 0 Å². The fourth-order valence-electron chi connectivity index (χ4n) is 2.98. The minimum absolute atomic E-state index is 0.0438. The van der Waals surface area contributed by atoms with E-state index in [4.69, 9.17) is 4.42 Å². The average molecular weight is 322 g/mol. The Balaban J connectivity index is 1.37. The second kappa shape index (κ2) is 6.31. The molecule has 1 N–H and O–H groups in total. The number of pyridine rings is 1. The molecule has 0 aliphatic carbocycles. The predicted molar refractivity (Wildman–Crippen MR) is 90.9 cm³/mol. The Morgan fingerprint density at radius 3 is 2.62 bits per heavy atom. The molecule has 6 heteroatoms. The molecule has 2 aromatic heterocycles. The summed E-state index contributed by atoms with van der Waals surface area (Å²) in [5, 5.41) is 3.09. The molecular formula is C18H18N4O2. The lowest BCUT2D eigenvalue weighted by molar-refractivity contribution is 0.0931. The van der Waals surface area contributed by atoms with E-state index in [1.807, 2.05) is 24.3 Å². The van der Waals surface area contributed by atoms with Crippen LogP contribution in [0.5, 0.6) is 0 Å². The zero-order valence-electron chi connectivity index (χ0n) is 13.2. The molecule has 1 saturated heterocycles. The van der Waals surface area contributed by atoms with E-state index in [1.165, 1.54) is 0 Å². The molecule has 0 unspecified atom stereocenters. The fourth-order valence-corrected chi connectivity index (χ4v) is 2.98. The molecule has 0 saturated carbocycles. The largest absolute Gasteiger partial charge is 0.423 e.